The predicted molar refractivity (Wildman–Crippen MR) is 99.5 cm³/mol. The Morgan fingerprint density at radius 3 is 2.50 bits per heavy atom. The Morgan fingerprint density at radius 2 is 1.75 bits per heavy atom. The molecular weight excluding hydrogens is 347 g/mol. The molecule has 2 amide bonds. The first-order valence-electron chi connectivity index (χ1n) is 7.19. The Morgan fingerprint density at radius 1 is 0.958 bits per heavy atom. The number of carbonyl (C=O) groups excluding carboxylic acids is 1. The number of halogens is 2. The molecule has 0 saturated carbocycles. The molecule has 3 aromatic rings. The third-order valence-electron chi connectivity index (χ3n) is 3.54. The van der Waals surface area contributed by atoms with Crippen molar-refractivity contribution in [3.05, 3.63) is 64.1 Å². The van der Waals surface area contributed by atoms with Gasteiger partial charge in [0, 0.05) is 16.5 Å². The van der Waals surface area contributed by atoms with Crippen molar-refractivity contribution in [3.63, 3.8) is 0 Å². The highest BCUT2D eigenvalue weighted by Gasteiger charge is 2.13. The fraction of sp³-hybridized carbons (Fsp3) is 0.0556. The second kappa shape index (κ2) is 6.59. The van der Waals surface area contributed by atoms with Gasteiger partial charge in [-0.1, -0.05) is 35.3 Å². The number of anilines is 2. The van der Waals surface area contributed by atoms with Crippen molar-refractivity contribution in [2.45, 2.75) is 6.92 Å². The molecule has 0 heterocycles. The summed E-state index contributed by atoms with van der Waals surface area (Å²) < 4.78 is 0. The van der Waals surface area contributed by atoms with Gasteiger partial charge in [-0.25, -0.2) is 4.79 Å². The van der Waals surface area contributed by atoms with Gasteiger partial charge < -0.3 is 15.7 Å². The monoisotopic (exact) mass is 360 g/mol. The number of aryl methyl sites for hydroxylation is 1. The van der Waals surface area contributed by atoms with Crippen LogP contribution in [0.25, 0.3) is 10.8 Å². The molecule has 3 N–H and O–H groups in total. The van der Waals surface area contributed by atoms with Crippen molar-refractivity contribution in [1.82, 2.24) is 0 Å². The third kappa shape index (κ3) is 3.40. The fourth-order valence-electron chi connectivity index (χ4n) is 2.46. The lowest BCUT2D eigenvalue weighted by molar-refractivity contribution is 0.262. The van der Waals surface area contributed by atoms with Crippen LogP contribution in [0.15, 0.2) is 48.5 Å². The molecule has 0 fully saturated rings. The number of phenolic OH excluding ortho intramolecular Hbond substituents is 1. The maximum absolute atomic E-state index is 12.3. The molecule has 0 radical (unpaired) electrons. The normalized spacial score (nSPS) is 10.6. The lowest BCUT2D eigenvalue weighted by Gasteiger charge is -2.13. The van der Waals surface area contributed by atoms with Crippen LogP contribution >= 0.6 is 23.2 Å². The van der Waals surface area contributed by atoms with Crippen LogP contribution in [0.5, 0.6) is 5.75 Å². The molecule has 4 nitrogen and oxygen atoms in total. The smallest absolute Gasteiger partial charge is 0.323 e. The highest BCUT2D eigenvalue weighted by atomic mass is 35.5. The van der Waals surface area contributed by atoms with Gasteiger partial charge in [-0.15, -0.1) is 0 Å². The van der Waals surface area contributed by atoms with Crippen molar-refractivity contribution in [1.29, 1.82) is 0 Å². The Bertz CT molecular complexity index is 942. The maximum Gasteiger partial charge on any atom is 0.323 e. The van der Waals surface area contributed by atoms with Crippen LogP contribution in [0.2, 0.25) is 10.0 Å². The molecule has 3 rings (SSSR count). The van der Waals surface area contributed by atoms with E-state index in [2.05, 4.69) is 10.6 Å². The minimum atomic E-state index is -0.436. The number of nitrogens with one attached hydrogen (secondary N) is 2. The van der Waals surface area contributed by atoms with Gasteiger partial charge in [0.05, 0.1) is 15.7 Å². The summed E-state index contributed by atoms with van der Waals surface area (Å²) in [5, 5.41) is 17.2. The molecule has 3 aromatic carbocycles. The first kappa shape index (κ1) is 16.4. The van der Waals surface area contributed by atoms with E-state index in [0.29, 0.717) is 27.2 Å². The topological polar surface area (TPSA) is 61.4 Å². The summed E-state index contributed by atoms with van der Waals surface area (Å²) in [6.07, 6.45) is 0. The zero-order chi connectivity index (χ0) is 17.3. The lowest BCUT2D eigenvalue weighted by Crippen LogP contribution is -2.19. The van der Waals surface area contributed by atoms with Crippen LogP contribution < -0.4 is 10.6 Å². The van der Waals surface area contributed by atoms with Crippen molar-refractivity contribution in [2.75, 3.05) is 10.6 Å². The average Bonchev–Trinajstić information content (AvgIpc) is 2.51. The fourth-order valence-corrected chi connectivity index (χ4v) is 3.05. The number of aromatic hydroxyl groups is 1. The first-order chi connectivity index (χ1) is 11.4. The highest BCUT2D eigenvalue weighted by Crippen LogP contribution is 2.38. The van der Waals surface area contributed by atoms with E-state index in [0.717, 1.165) is 5.56 Å². The number of carbonyl (C=O) groups is 1. The molecule has 0 unspecified atom stereocenters. The van der Waals surface area contributed by atoms with E-state index in [4.69, 9.17) is 23.2 Å². The van der Waals surface area contributed by atoms with E-state index in [1.54, 1.807) is 18.2 Å². The number of rotatable bonds is 2. The zero-order valence-electron chi connectivity index (χ0n) is 12.7. The molecule has 0 atom stereocenters. The standard InChI is InChI=1S/C18H14Cl2N2O2/c1-10-3-2-4-11(7-10)21-18(24)22-17-14-8-12(23)5-6-13(14)15(19)9-16(17)20/h2-9,23H,1H3,(H2,21,22,24). The number of fused-ring (bicyclic) bond motifs is 1. The molecule has 0 aliphatic rings. The molecule has 0 aliphatic heterocycles. The van der Waals surface area contributed by atoms with E-state index in [-0.39, 0.29) is 10.8 Å². The molecule has 0 bridgehead atoms. The number of hydrogen-bond donors (Lipinski definition) is 3. The summed E-state index contributed by atoms with van der Waals surface area (Å²) in [7, 11) is 0. The number of benzene rings is 3. The first-order valence-corrected chi connectivity index (χ1v) is 7.95. The summed E-state index contributed by atoms with van der Waals surface area (Å²) in [5.41, 5.74) is 2.09. The number of urea groups is 1. The van der Waals surface area contributed by atoms with Crippen molar-refractivity contribution in [3.8, 4) is 5.75 Å². The second-order valence-electron chi connectivity index (χ2n) is 5.39. The minimum Gasteiger partial charge on any atom is -0.508 e. The molecule has 0 saturated heterocycles. The summed E-state index contributed by atoms with van der Waals surface area (Å²) in [6, 6.07) is 13.3. The van der Waals surface area contributed by atoms with E-state index in [1.165, 1.54) is 12.1 Å². The van der Waals surface area contributed by atoms with Gasteiger partial charge in [0.15, 0.2) is 0 Å². The van der Waals surface area contributed by atoms with Gasteiger partial charge in [0.25, 0.3) is 0 Å². The van der Waals surface area contributed by atoms with Crippen LogP contribution in [-0.2, 0) is 0 Å². The van der Waals surface area contributed by atoms with E-state index in [9.17, 15) is 9.90 Å². The summed E-state index contributed by atoms with van der Waals surface area (Å²) in [4.78, 5) is 12.3. The van der Waals surface area contributed by atoms with Gasteiger partial charge in [0.2, 0.25) is 0 Å². The van der Waals surface area contributed by atoms with Gasteiger partial charge in [-0.2, -0.15) is 0 Å². The van der Waals surface area contributed by atoms with Crippen LogP contribution in [0.3, 0.4) is 0 Å². The SMILES string of the molecule is Cc1cccc(NC(=O)Nc2c(Cl)cc(Cl)c3ccc(O)cc23)c1. The average molecular weight is 361 g/mol. The molecule has 6 heteroatoms. The van der Waals surface area contributed by atoms with Crippen molar-refractivity contribution >= 4 is 51.4 Å². The number of amides is 2. The third-order valence-corrected chi connectivity index (χ3v) is 4.15. The predicted octanol–water partition coefficient (Wildman–Crippen LogP) is 5.80. The zero-order valence-corrected chi connectivity index (χ0v) is 14.2. The van der Waals surface area contributed by atoms with Crippen LogP contribution in [0, 0.1) is 6.92 Å². The van der Waals surface area contributed by atoms with E-state index < -0.39 is 6.03 Å². The summed E-state index contributed by atoms with van der Waals surface area (Å²) in [5.74, 6) is 0.0583. The van der Waals surface area contributed by atoms with Gasteiger partial charge in [0.1, 0.15) is 5.75 Å². The number of hydrogen-bond acceptors (Lipinski definition) is 2. The van der Waals surface area contributed by atoms with Gasteiger partial charge >= 0.3 is 6.03 Å². The quantitative estimate of drug-likeness (QED) is 0.540. The maximum atomic E-state index is 12.3. The van der Waals surface area contributed by atoms with Gasteiger partial charge in [-0.3, -0.25) is 0 Å². The highest BCUT2D eigenvalue weighted by molar-refractivity contribution is 6.41. The Balaban J connectivity index is 1.94. The van der Waals surface area contributed by atoms with Crippen molar-refractivity contribution in [2.24, 2.45) is 0 Å². The van der Waals surface area contributed by atoms with Gasteiger partial charge in [-0.05, 0) is 48.9 Å². The molecule has 0 aliphatic carbocycles. The van der Waals surface area contributed by atoms with Crippen molar-refractivity contribution < 1.29 is 9.90 Å². The molecule has 122 valence electrons. The summed E-state index contributed by atoms with van der Waals surface area (Å²) in [6.45, 7) is 1.94. The van der Waals surface area contributed by atoms with E-state index >= 15 is 0 Å². The largest absolute Gasteiger partial charge is 0.508 e. The van der Waals surface area contributed by atoms with Crippen LogP contribution in [0.4, 0.5) is 16.2 Å². The Kier molecular flexibility index (Phi) is 4.51. The summed E-state index contributed by atoms with van der Waals surface area (Å²) >= 11 is 12.4. The van der Waals surface area contributed by atoms with E-state index in [1.807, 2.05) is 25.1 Å². The van der Waals surface area contributed by atoms with Crippen LogP contribution in [0.1, 0.15) is 5.56 Å². The van der Waals surface area contributed by atoms with Crippen LogP contribution in [-0.4, -0.2) is 11.1 Å². The second-order valence-corrected chi connectivity index (χ2v) is 6.21. The molecule has 0 spiro atoms. The Labute approximate surface area is 149 Å². The minimum absolute atomic E-state index is 0.0583. The lowest BCUT2D eigenvalue weighted by atomic mass is 10.1. The Hall–Kier alpha value is -2.43. The molecule has 0 aromatic heterocycles. The molecular formula is C18H14Cl2N2O2. The molecule has 24 heavy (non-hydrogen) atoms. The number of phenols is 1.